The van der Waals surface area contributed by atoms with Crippen LogP contribution in [0, 0.1) is 0 Å². The first-order chi connectivity index (χ1) is 14.0. The number of anilines is 2. The first-order valence-electron chi connectivity index (χ1n) is 10.2. The van der Waals surface area contributed by atoms with E-state index < -0.39 is 0 Å². The van der Waals surface area contributed by atoms with E-state index in [1.165, 1.54) is 0 Å². The summed E-state index contributed by atoms with van der Waals surface area (Å²) in [4.78, 5) is 24.6. The van der Waals surface area contributed by atoms with Crippen LogP contribution in [0.5, 0.6) is 5.75 Å². The van der Waals surface area contributed by atoms with Crippen molar-refractivity contribution in [3.63, 3.8) is 0 Å². The Bertz CT molecular complexity index is 807. The van der Waals surface area contributed by atoms with Gasteiger partial charge in [-0.25, -0.2) is 0 Å². The van der Waals surface area contributed by atoms with Crippen molar-refractivity contribution in [1.29, 1.82) is 0 Å². The average Bonchev–Trinajstić information content (AvgIpc) is 2.73. The Morgan fingerprint density at radius 3 is 2.62 bits per heavy atom. The van der Waals surface area contributed by atoms with Gasteiger partial charge >= 0.3 is 0 Å². The minimum absolute atomic E-state index is 0.0831. The Morgan fingerprint density at radius 1 is 1.07 bits per heavy atom. The topological polar surface area (TPSA) is 79.5 Å². The van der Waals surface area contributed by atoms with Gasteiger partial charge in [0, 0.05) is 17.3 Å². The van der Waals surface area contributed by atoms with Crippen molar-refractivity contribution in [2.45, 2.75) is 46.1 Å². The van der Waals surface area contributed by atoms with Crippen molar-refractivity contribution >= 4 is 23.2 Å². The number of benzene rings is 2. The summed E-state index contributed by atoms with van der Waals surface area (Å²) in [6.45, 7) is 6.79. The summed E-state index contributed by atoms with van der Waals surface area (Å²) >= 11 is 0. The summed E-state index contributed by atoms with van der Waals surface area (Å²) < 4.78 is 5.74. The molecule has 0 aliphatic carbocycles. The van der Waals surface area contributed by atoms with E-state index in [0.717, 1.165) is 19.3 Å². The third-order valence-corrected chi connectivity index (χ3v) is 4.48. The standard InChI is InChI=1S/C23H31N3O3/c1-4-6-14-29-21-13-8-7-12-20(21)26-22(27)16-24-19-11-9-10-18(15-19)23(28)25-17(3)5-2/h7-13,15,17,24H,4-6,14,16H2,1-3H3,(H,25,28)(H,26,27). The van der Waals surface area contributed by atoms with E-state index in [1.54, 1.807) is 18.2 Å². The van der Waals surface area contributed by atoms with Crippen molar-refractivity contribution in [2.24, 2.45) is 0 Å². The molecule has 0 fully saturated rings. The van der Waals surface area contributed by atoms with Crippen LogP contribution in [0.25, 0.3) is 0 Å². The van der Waals surface area contributed by atoms with Gasteiger partial charge in [-0.05, 0) is 50.1 Å². The Hall–Kier alpha value is -3.02. The first kappa shape index (κ1) is 22.3. The van der Waals surface area contributed by atoms with Gasteiger partial charge in [0.1, 0.15) is 5.75 Å². The quantitative estimate of drug-likeness (QED) is 0.490. The van der Waals surface area contributed by atoms with Crippen LogP contribution in [0.4, 0.5) is 11.4 Å². The number of rotatable bonds is 11. The highest BCUT2D eigenvalue weighted by Crippen LogP contribution is 2.24. The Morgan fingerprint density at radius 2 is 1.86 bits per heavy atom. The molecule has 1 unspecified atom stereocenters. The van der Waals surface area contributed by atoms with E-state index in [-0.39, 0.29) is 24.4 Å². The van der Waals surface area contributed by atoms with Crippen LogP contribution >= 0.6 is 0 Å². The highest BCUT2D eigenvalue weighted by molar-refractivity contribution is 5.96. The number of hydrogen-bond donors (Lipinski definition) is 3. The maximum atomic E-state index is 12.4. The lowest BCUT2D eigenvalue weighted by Crippen LogP contribution is -2.31. The van der Waals surface area contributed by atoms with Gasteiger partial charge in [0.2, 0.25) is 5.91 Å². The highest BCUT2D eigenvalue weighted by Gasteiger charge is 2.10. The molecule has 156 valence electrons. The Kier molecular flexibility index (Phi) is 9.02. The molecule has 0 aliphatic heterocycles. The number of hydrogen-bond acceptors (Lipinski definition) is 4. The largest absolute Gasteiger partial charge is 0.491 e. The number of para-hydroxylation sites is 2. The molecule has 6 nitrogen and oxygen atoms in total. The molecule has 29 heavy (non-hydrogen) atoms. The lowest BCUT2D eigenvalue weighted by Gasteiger charge is -2.14. The van der Waals surface area contributed by atoms with Gasteiger partial charge < -0.3 is 20.7 Å². The van der Waals surface area contributed by atoms with Crippen LogP contribution in [0.15, 0.2) is 48.5 Å². The van der Waals surface area contributed by atoms with E-state index in [0.29, 0.717) is 29.3 Å². The average molecular weight is 398 g/mol. The van der Waals surface area contributed by atoms with Crippen LogP contribution < -0.4 is 20.7 Å². The van der Waals surface area contributed by atoms with Gasteiger partial charge in [0.15, 0.2) is 0 Å². The van der Waals surface area contributed by atoms with E-state index in [1.807, 2.05) is 44.2 Å². The van der Waals surface area contributed by atoms with Gasteiger partial charge in [0.05, 0.1) is 18.8 Å². The Balaban J connectivity index is 1.91. The van der Waals surface area contributed by atoms with Gasteiger partial charge in [-0.15, -0.1) is 0 Å². The fraction of sp³-hybridized carbons (Fsp3) is 0.391. The molecule has 3 N–H and O–H groups in total. The second-order valence-electron chi connectivity index (χ2n) is 6.96. The van der Waals surface area contributed by atoms with Crippen LogP contribution in [-0.2, 0) is 4.79 Å². The molecule has 0 aliphatic rings. The zero-order valence-electron chi connectivity index (χ0n) is 17.5. The maximum absolute atomic E-state index is 12.4. The molecule has 6 heteroatoms. The van der Waals surface area contributed by atoms with Gasteiger partial charge in [-0.2, -0.15) is 0 Å². The number of carbonyl (C=O) groups excluding carboxylic acids is 2. The smallest absolute Gasteiger partial charge is 0.251 e. The normalized spacial score (nSPS) is 11.4. The lowest BCUT2D eigenvalue weighted by molar-refractivity contribution is -0.114. The summed E-state index contributed by atoms with van der Waals surface area (Å²) in [5.41, 5.74) is 1.92. The molecular formula is C23H31N3O3. The van der Waals surface area contributed by atoms with E-state index in [4.69, 9.17) is 4.74 Å². The van der Waals surface area contributed by atoms with Crippen LogP contribution in [0.1, 0.15) is 50.4 Å². The number of unbranched alkanes of at least 4 members (excludes halogenated alkanes) is 1. The Labute approximate surface area is 173 Å². The third kappa shape index (κ3) is 7.49. The van der Waals surface area contributed by atoms with E-state index >= 15 is 0 Å². The molecule has 2 rings (SSSR count). The molecule has 2 amide bonds. The fourth-order valence-corrected chi connectivity index (χ4v) is 2.58. The lowest BCUT2D eigenvalue weighted by atomic mass is 10.1. The predicted molar refractivity (Wildman–Crippen MR) is 118 cm³/mol. The summed E-state index contributed by atoms with van der Waals surface area (Å²) in [7, 11) is 0. The first-order valence-corrected chi connectivity index (χ1v) is 10.2. The molecule has 0 aromatic heterocycles. The van der Waals surface area contributed by atoms with Crippen molar-refractivity contribution < 1.29 is 14.3 Å². The minimum atomic E-state index is -0.189. The second-order valence-corrected chi connectivity index (χ2v) is 6.96. The zero-order valence-corrected chi connectivity index (χ0v) is 17.5. The summed E-state index contributed by atoms with van der Waals surface area (Å²) in [5, 5.41) is 8.88. The number of carbonyl (C=O) groups is 2. The molecule has 0 saturated carbocycles. The molecule has 0 radical (unpaired) electrons. The van der Waals surface area contributed by atoms with Crippen molar-refractivity contribution in [3.05, 3.63) is 54.1 Å². The molecule has 0 saturated heterocycles. The molecule has 0 heterocycles. The SMILES string of the molecule is CCCCOc1ccccc1NC(=O)CNc1cccc(C(=O)NC(C)CC)c1. The molecule has 2 aromatic rings. The highest BCUT2D eigenvalue weighted by atomic mass is 16.5. The second kappa shape index (κ2) is 11.7. The van der Waals surface area contributed by atoms with Crippen LogP contribution in [0.3, 0.4) is 0 Å². The van der Waals surface area contributed by atoms with Crippen molar-refractivity contribution in [3.8, 4) is 5.75 Å². The summed E-state index contributed by atoms with van der Waals surface area (Å²) in [6, 6.07) is 14.6. The third-order valence-electron chi connectivity index (χ3n) is 4.48. The van der Waals surface area contributed by atoms with Crippen LogP contribution in [-0.4, -0.2) is 31.0 Å². The number of amides is 2. The van der Waals surface area contributed by atoms with Gasteiger partial charge in [-0.1, -0.05) is 38.5 Å². The van der Waals surface area contributed by atoms with E-state index in [9.17, 15) is 9.59 Å². The van der Waals surface area contributed by atoms with Crippen LogP contribution in [0.2, 0.25) is 0 Å². The number of nitrogens with one attached hydrogen (secondary N) is 3. The molecule has 1 atom stereocenters. The van der Waals surface area contributed by atoms with E-state index in [2.05, 4.69) is 22.9 Å². The summed E-state index contributed by atoms with van der Waals surface area (Å²) in [6.07, 6.45) is 2.88. The predicted octanol–water partition coefficient (Wildman–Crippen LogP) is 4.44. The fourth-order valence-electron chi connectivity index (χ4n) is 2.58. The minimum Gasteiger partial charge on any atom is -0.491 e. The monoisotopic (exact) mass is 397 g/mol. The molecular weight excluding hydrogens is 366 g/mol. The zero-order chi connectivity index (χ0) is 21.1. The maximum Gasteiger partial charge on any atom is 0.251 e. The van der Waals surface area contributed by atoms with Gasteiger partial charge in [0.25, 0.3) is 5.91 Å². The molecule has 0 bridgehead atoms. The molecule has 0 spiro atoms. The summed E-state index contributed by atoms with van der Waals surface area (Å²) in [5.74, 6) is 0.356. The van der Waals surface area contributed by atoms with Crippen molar-refractivity contribution in [2.75, 3.05) is 23.8 Å². The van der Waals surface area contributed by atoms with Gasteiger partial charge in [-0.3, -0.25) is 9.59 Å². The van der Waals surface area contributed by atoms with Crippen molar-refractivity contribution in [1.82, 2.24) is 5.32 Å². The number of ether oxygens (including phenoxy) is 1. The molecule has 2 aromatic carbocycles.